The molecule has 5 nitrogen and oxygen atoms in total. The largest absolute Gasteiger partial charge is 0.464 e. The molecule has 0 aliphatic heterocycles. The molecule has 0 radical (unpaired) electrons. The van der Waals surface area contributed by atoms with Gasteiger partial charge >= 0.3 is 5.97 Å². The van der Waals surface area contributed by atoms with Crippen molar-refractivity contribution in [2.24, 2.45) is 0 Å². The number of methoxy groups -OCH3 is 1. The fraction of sp³-hybridized carbons (Fsp3) is 0.400. The van der Waals surface area contributed by atoms with Crippen LogP contribution >= 0.6 is 11.6 Å². The normalized spacial score (nSPS) is 11.0. The highest BCUT2D eigenvalue weighted by atomic mass is 35.5. The molecule has 0 aliphatic carbocycles. The van der Waals surface area contributed by atoms with Crippen molar-refractivity contribution in [3.05, 3.63) is 45.7 Å². The van der Waals surface area contributed by atoms with Gasteiger partial charge in [-0.25, -0.2) is 9.48 Å². The molecule has 0 fully saturated rings. The topological polar surface area (TPSA) is 57.0 Å². The Labute approximate surface area is 128 Å². The van der Waals surface area contributed by atoms with Gasteiger partial charge in [0.25, 0.3) is 0 Å². The summed E-state index contributed by atoms with van der Waals surface area (Å²) in [5.41, 5.74) is 3.04. The fourth-order valence-electron chi connectivity index (χ4n) is 2.19. The zero-order valence-corrected chi connectivity index (χ0v) is 13.3. The highest BCUT2D eigenvalue weighted by Crippen LogP contribution is 2.23. The number of halogens is 1. The van der Waals surface area contributed by atoms with E-state index in [2.05, 4.69) is 10.3 Å². The van der Waals surface area contributed by atoms with Crippen LogP contribution in [0.1, 0.15) is 47.1 Å². The Morgan fingerprint density at radius 1 is 1.43 bits per heavy atom. The van der Waals surface area contributed by atoms with Crippen LogP contribution in [0, 0.1) is 6.92 Å². The molecule has 0 unspecified atom stereocenters. The third kappa shape index (κ3) is 3.24. The van der Waals surface area contributed by atoms with Crippen molar-refractivity contribution in [2.45, 2.75) is 33.2 Å². The summed E-state index contributed by atoms with van der Waals surface area (Å²) in [7, 11) is 1.34. The lowest BCUT2D eigenvalue weighted by atomic mass is 10.1. The van der Waals surface area contributed by atoms with E-state index in [0.29, 0.717) is 11.6 Å². The van der Waals surface area contributed by atoms with Crippen molar-refractivity contribution in [3.8, 4) is 0 Å². The number of hydrogen-bond donors (Lipinski definition) is 0. The Morgan fingerprint density at radius 2 is 2.14 bits per heavy atom. The van der Waals surface area contributed by atoms with Crippen molar-refractivity contribution in [3.63, 3.8) is 0 Å². The standard InChI is InChI=1S/C15H18ClN3O2/c1-9(2)14-13(15(20)21-4)17-18-19(14)8-11-6-5-10(3)7-12(11)16/h5-7,9H,8H2,1-4H3. The summed E-state index contributed by atoms with van der Waals surface area (Å²) in [6.45, 7) is 6.42. The van der Waals surface area contributed by atoms with Crippen molar-refractivity contribution >= 4 is 17.6 Å². The maximum atomic E-state index is 11.8. The number of rotatable bonds is 4. The fourth-order valence-corrected chi connectivity index (χ4v) is 2.49. The molecule has 0 bridgehead atoms. The molecular formula is C15H18ClN3O2. The van der Waals surface area contributed by atoms with Gasteiger partial charge in [0.1, 0.15) is 0 Å². The van der Waals surface area contributed by atoms with Gasteiger partial charge in [0.15, 0.2) is 5.69 Å². The van der Waals surface area contributed by atoms with E-state index in [1.54, 1.807) is 4.68 Å². The van der Waals surface area contributed by atoms with Gasteiger partial charge in [0, 0.05) is 5.02 Å². The first kappa shape index (κ1) is 15.5. The maximum Gasteiger partial charge on any atom is 0.360 e. The summed E-state index contributed by atoms with van der Waals surface area (Å²) < 4.78 is 6.45. The molecule has 6 heteroatoms. The van der Waals surface area contributed by atoms with Gasteiger partial charge < -0.3 is 4.74 Å². The highest BCUT2D eigenvalue weighted by molar-refractivity contribution is 6.31. The zero-order valence-electron chi connectivity index (χ0n) is 12.6. The minimum Gasteiger partial charge on any atom is -0.464 e. The van der Waals surface area contributed by atoms with E-state index >= 15 is 0 Å². The molecule has 112 valence electrons. The van der Waals surface area contributed by atoms with Crippen molar-refractivity contribution < 1.29 is 9.53 Å². The summed E-state index contributed by atoms with van der Waals surface area (Å²) in [6, 6.07) is 5.86. The molecule has 21 heavy (non-hydrogen) atoms. The maximum absolute atomic E-state index is 11.8. The lowest BCUT2D eigenvalue weighted by Crippen LogP contribution is -2.12. The molecule has 0 spiro atoms. The molecule has 0 aliphatic rings. The van der Waals surface area contributed by atoms with E-state index in [4.69, 9.17) is 16.3 Å². The van der Waals surface area contributed by atoms with Crippen LogP contribution in [0.3, 0.4) is 0 Å². The monoisotopic (exact) mass is 307 g/mol. The van der Waals surface area contributed by atoms with Gasteiger partial charge in [-0.1, -0.05) is 42.8 Å². The number of aryl methyl sites for hydroxylation is 1. The molecule has 2 rings (SSSR count). The predicted octanol–water partition coefficient (Wildman–Crippen LogP) is 3.20. The summed E-state index contributed by atoms with van der Waals surface area (Å²) in [5.74, 6) is -0.377. The van der Waals surface area contributed by atoms with Gasteiger partial charge in [0.2, 0.25) is 0 Å². The third-order valence-corrected chi connectivity index (χ3v) is 3.58. The first-order valence-corrected chi connectivity index (χ1v) is 7.08. The number of carbonyl (C=O) groups is 1. The number of nitrogens with zero attached hydrogens (tertiary/aromatic N) is 3. The minimum absolute atomic E-state index is 0.0957. The van der Waals surface area contributed by atoms with Crippen LogP contribution < -0.4 is 0 Å². The van der Waals surface area contributed by atoms with Crippen molar-refractivity contribution in [2.75, 3.05) is 7.11 Å². The second-order valence-electron chi connectivity index (χ2n) is 5.22. The van der Waals surface area contributed by atoms with Gasteiger partial charge in [-0.3, -0.25) is 0 Å². The average Bonchev–Trinajstić information content (AvgIpc) is 2.85. The summed E-state index contributed by atoms with van der Waals surface area (Å²) in [6.07, 6.45) is 0. The quantitative estimate of drug-likeness (QED) is 0.814. The van der Waals surface area contributed by atoms with Crippen LogP contribution in [0.2, 0.25) is 5.02 Å². The SMILES string of the molecule is COC(=O)c1nnn(Cc2ccc(C)cc2Cl)c1C(C)C. The van der Waals surface area contributed by atoms with Crippen LogP contribution in [0.25, 0.3) is 0 Å². The van der Waals surface area contributed by atoms with Crippen LogP contribution in [-0.4, -0.2) is 28.1 Å². The average molecular weight is 308 g/mol. The molecular weight excluding hydrogens is 290 g/mol. The second kappa shape index (κ2) is 6.26. The lowest BCUT2D eigenvalue weighted by molar-refractivity contribution is 0.0592. The van der Waals surface area contributed by atoms with E-state index in [1.807, 2.05) is 39.0 Å². The predicted molar refractivity (Wildman–Crippen MR) is 80.7 cm³/mol. The number of benzene rings is 1. The van der Waals surface area contributed by atoms with E-state index in [-0.39, 0.29) is 11.6 Å². The van der Waals surface area contributed by atoms with Gasteiger partial charge in [-0.05, 0) is 30.0 Å². The molecule has 1 heterocycles. The number of aromatic nitrogens is 3. The van der Waals surface area contributed by atoms with E-state index in [9.17, 15) is 4.79 Å². The number of esters is 1. The highest BCUT2D eigenvalue weighted by Gasteiger charge is 2.22. The molecule has 1 aromatic carbocycles. The molecule has 1 aromatic heterocycles. The number of hydrogen-bond acceptors (Lipinski definition) is 4. The minimum atomic E-state index is -0.472. The first-order valence-electron chi connectivity index (χ1n) is 6.70. The Balaban J connectivity index is 2.40. The van der Waals surface area contributed by atoms with Crippen molar-refractivity contribution in [1.29, 1.82) is 0 Å². The van der Waals surface area contributed by atoms with Crippen LogP contribution in [0.15, 0.2) is 18.2 Å². The van der Waals surface area contributed by atoms with Gasteiger partial charge in [0.05, 0.1) is 19.3 Å². The van der Waals surface area contributed by atoms with E-state index < -0.39 is 5.97 Å². The molecule has 0 amide bonds. The molecule has 0 saturated heterocycles. The Bertz CT molecular complexity index is 665. The van der Waals surface area contributed by atoms with Crippen LogP contribution in [0.4, 0.5) is 0 Å². The second-order valence-corrected chi connectivity index (χ2v) is 5.63. The number of carbonyl (C=O) groups excluding carboxylic acids is 1. The zero-order chi connectivity index (χ0) is 15.6. The van der Waals surface area contributed by atoms with Crippen LogP contribution in [0.5, 0.6) is 0 Å². The molecule has 2 aromatic rings. The van der Waals surface area contributed by atoms with Crippen LogP contribution in [-0.2, 0) is 11.3 Å². The molecule has 0 atom stereocenters. The molecule has 0 saturated carbocycles. The van der Waals surface area contributed by atoms with E-state index in [0.717, 1.165) is 16.8 Å². The lowest BCUT2D eigenvalue weighted by Gasteiger charge is -2.11. The Hall–Kier alpha value is -1.88. The van der Waals surface area contributed by atoms with Gasteiger partial charge in [-0.2, -0.15) is 0 Å². The Morgan fingerprint density at radius 3 is 2.71 bits per heavy atom. The summed E-state index contributed by atoms with van der Waals surface area (Å²) in [5, 5.41) is 8.70. The van der Waals surface area contributed by atoms with Gasteiger partial charge in [-0.15, -0.1) is 5.10 Å². The smallest absolute Gasteiger partial charge is 0.360 e. The van der Waals surface area contributed by atoms with Crippen molar-refractivity contribution in [1.82, 2.24) is 15.0 Å². The first-order chi connectivity index (χ1) is 9.93. The molecule has 0 N–H and O–H groups in total. The number of ether oxygens (including phenoxy) is 1. The summed E-state index contributed by atoms with van der Waals surface area (Å²) in [4.78, 5) is 11.8. The third-order valence-electron chi connectivity index (χ3n) is 3.23. The summed E-state index contributed by atoms with van der Waals surface area (Å²) >= 11 is 6.25. The van der Waals surface area contributed by atoms with E-state index in [1.165, 1.54) is 7.11 Å². The Kier molecular flexibility index (Phi) is 4.63.